The van der Waals surface area contributed by atoms with Crippen molar-refractivity contribution in [3.8, 4) is 0 Å². The average Bonchev–Trinajstić information content (AvgIpc) is 2.91. The zero-order valence-electron chi connectivity index (χ0n) is 11.1. The molecule has 0 aromatic rings. The summed E-state index contributed by atoms with van der Waals surface area (Å²) in [6.45, 7) is 11.9. The van der Waals surface area contributed by atoms with Gasteiger partial charge in [-0.15, -0.1) is 0 Å². The van der Waals surface area contributed by atoms with E-state index in [4.69, 9.17) is 0 Å². The Kier molecular flexibility index (Phi) is 5.11. The van der Waals surface area contributed by atoms with Crippen LogP contribution < -0.4 is 5.32 Å². The molecule has 1 heteroatoms. The Balaban J connectivity index is 1.97. The van der Waals surface area contributed by atoms with E-state index >= 15 is 0 Å². The SMILES string of the molecule is CCCC(C)(C)CCNCC1CC1CC. The standard InChI is InChI=1S/C14H29N/c1-5-7-14(3,4)8-9-15-11-13-10-12(13)6-2/h12-13,15H,5-11H2,1-4H3. The van der Waals surface area contributed by atoms with Crippen molar-refractivity contribution in [2.24, 2.45) is 17.3 Å². The molecular weight excluding hydrogens is 182 g/mol. The molecule has 0 bridgehead atoms. The van der Waals surface area contributed by atoms with Crippen molar-refractivity contribution in [3.63, 3.8) is 0 Å². The summed E-state index contributed by atoms with van der Waals surface area (Å²) in [6.07, 6.45) is 6.85. The molecule has 0 radical (unpaired) electrons. The second-order valence-electron chi connectivity index (χ2n) is 6.03. The van der Waals surface area contributed by atoms with Crippen LogP contribution in [-0.2, 0) is 0 Å². The summed E-state index contributed by atoms with van der Waals surface area (Å²) in [5.41, 5.74) is 0.537. The molecule has 1 rings (SSSR count). The highest BCUT2D eigenvalue weighted by molar-refractivity contribution is 4.86. The monoisotopic (exact) mass is 211 g/mol. The molecule has 1 fully saturated rings. The predicted molar refractivity (Wildman–Crippen MR) is 68.1 cm³/mol. The van der Waals surface area contributed by atoms with Crippen LogP contribution in [0.2, 0.25) is 0 Å². The smallest absolute Gasteiger partial charge is 0.00178 e. The second-order valence-corrected chi connectivity index (χ2v) is 6.03. The lowest BCUT2D eigenvalue weighted by atomic mass is 9.85. The van der Waals surface area contributed by atoms with Gasteiger partial charge in [-0.05, 0) is 49.6 Å². The molecule has 2 atom stereocenters. The zero-order valence-corrected chi connectivity index (χ0v) is 11.1. The van der Waals surface area contributed by atoms with Crippen molar-refractivity contribution in [2.75, 3.05) is 13.1 Å². The van der Waals surface area contributed by atoms with E-state index in [-0.39, 0.29) is 0 Å². The Labute approximate surface area is 96.0 Å². The summed E-state index contributed by atoms with van der Waals surface area (Å²) in [5.74, 6) is 2.05. The average molecular weight is 211 g/mol. The third kappa shape index (κ3) is 5.01. The lowest BCUT2D eigenvalue weighted by Crippen LogP contribution is -2.24. The van der Waals surface area contributed by atoms with E-state index in [0.717, 1.165) is 11.8 Å². The fourth-order valence-electron chi connectivity index (χ4n) is 2.58. The van der Waals surface area contributed by atoms with E-state index < -0.39 is 0 Å². The van der Waals surface area contributed by atoms with Gasteiger partial charge in [0.15, 0.2) is 0 Å². The molecule has 1 nitrogen and oxygen atoms in total. The maximum atomic E-state index is 3.63. The van der Waals surface area contributed by atoms with Crippen molar-refractivity contribution in [3.05, 3.63) is 0 Å². The van der Waals surface area contributed by atoms with Crippen LogP contribution in [-0.4, -0.2) is 13.1 Å². The van der Waals surface area contributed by atoms with E-state index in [2.05, 4.69) is 33.0 Å². The second kappa shape index (κ2) is 5.89. The molecule has 0 spiro atoms. The molecule has 1 saturated carbocycles. The first kappa shape index (κ1) is 13.0. The largest absolute Gasteiger partial charge is 0.316 e. The van der Waals surface area contributed by atoms with Gasteiger partial charge < -0.3 is 5.32 Å². The fourth-order valence-corrected chi connectivity index (χ4v) is 2.58. The summed E-state index contributed by atoms with van der Waals surface area (Å²) in [4.78, 5) is 0. The van der Waals surface area contributed by atoms with Crippen molar-refractivity contribution in [1.29, 1.82) is 0 Å². The first-order valence-corrected chi connectivity index (χ1v) is 6.79. The summed E-state index contributed by atoms with van der Waals surface area (Å²) < 4.78 is 0. The summed E-state index contributed by atoms with van der Waals surface area (Å²) in [5, 5.41) is 3.63. The van der Waals surface area contributed by atoms with Gasteiger partial charge in [0, 0.05) is 0 Å². The van der Waals surface area contributed by atoms with Gasteiger partial charge >= 0.3 is 0 Å². The number of hydrogen-bond donors (Lipinski definition) is 1. The Hall–Kier alpha value is -0.0400. The third-order valence-corrected chi connectivity index (χ3v) is 3.91. The molecule has 1 aliphatic carbocycles. The van der Waals surface area contributed by atoms with Crippen molar-refractivity contribution >= 4 is 0 Å². The molecule has 0 amide bonds. The van der Waals surface area contributed by atoms with Crippen molar-refractivity contribution in [1.82, 2.24) is 5.32 Å². The molecule has 1 aliphatic rings. The van der Waals surface area contributed by atoms with Gasteiger partial charge in [0.2, 0.25) is 0 Å². The van der Waals surface area contributed by atoms with Crippen LogP contribution >= 0.6 is 0 Å². The predicted octanol–water partition coefficient (Wildman–Crippen LogP) is 3.84. The van der Waals surface area contributed by atoms with Crippen LogP contribution in [0.3, 0.4) is 0 Å². The van der Waals surface area contributed by atoms with Gasteiger partial charge in [-0.25, -0.2) is 0 Å². The molecule has 0 heterocycles. The van der Waals surface area contributed by atoms with E-state index in [1.807, 2.05) is 0 Å². The Morgan fingerprint density at radius 3 is 2.40 bits per heavy atom. The number of hydrogen-bond acceptors (Lipinski definition) is 1. The highest BCUT2D eigenvalue weighted by atomic mass is 14.9. The first-order valence-electron chi connectivity index (χ1n) is 6.79. The molecular formula is C14H29N. The van der Waals surface area contributed by atoms with E-state index in [1.165, 1.54) is 45.2 Å². The topological polar surface area (TPSA) is 12.0 Å². The molecule has 2 unspecified atom stereocenters. The van der Waals surface area contributed by atoms with Crippen LogP contribution in [0.4, 0.5) is 0 Å². The number of nitrogens with one attached hydrogen (secondary N) is 1. The van der Waals surface area contributed by atoms with Gasteiger partial charge in [-0.1, -0.05) is 40.5 Å². The van der Waals surface area contributed by atoms with Crippen LogP contribution in [0.15, 0.2) is 0 Å². The number of rotatable bonds is 8. The molecule has 0 aliphatic heterocycles. The van der Waals surface area contributed by atoms with Crippen molar-refractivity contribution < 1.29 is 0 Å². The van der Waals surface area contributed by atoms with Gasteiger partial charge in [-0.2, -0.15) is 0 Å². The molecule has 0 aromatic carbocycles. The minimum Gasteiger partial charge on any atom is -0.316 e. The van der Waals surface area contributed by atoms with Gasteiger partial charge in [0.1, 0.15) is 0 Å². The third-order valence-electron chi connectivity index (χ3n) is 3.91. The zero-order chi connectivity index (χ0) is 11.3. The molecule has 1 N–H and O–H groups in total. The highest BCUT2D eigenvalue weighted by Gasteiger charge is 2.34. The lowest BCUT2D eigenvalue weighted by molar-refractivity contribution is 0.298. The van der Waals surface area contributed by atoms with E-state index in [1.54, 1.807) is 0 Å². The maximum Gasteiger partial charge on any atom is -0.00178 e. The van der Waals surface area contributed by atoms with Crippen LogP contribution in [0.25, 0.3) is 0 Å². The molecule has 15 heavy (non-hydrogen) atoms. The fraction of sp³-hybridized carbons (Fsp3) is 1.00. The first-order chi connectivity index (χ1) is 7.09. The minimum atomic E-state index is 0.537. The summed E-state index contributed by atoms with van der Waals surface area (Å²) in [7, 11) is 0. The van der Waals surface area contributed by atoms with E-state index in [9.17, 15) is 0 Å². The Morgan fingerprint density at radius 1 is 1.13 bits per heavy atom. The van der Waals surface area contributed by atoms with Gasteiger partial charge in [0.25, 0.3) is 0 Å². The molecule has 90 valence electrons. The maximum absolute atomic E-state index is 3.63. The van der Waals surface area contributed by atoms with Gasteiger partial charge in [0.05, 0.1) is 0 Å². The highest BCUT2D eigenvalue weighted by Crippen LogP contribution is 2.40. The normalized spacial score (nSPS) is 25.6. The lowest BCUT2D eigenvalue weighted by Gasteiger charge is -2.24. The Bertz CT molecular complexity index is 174. The minimum absolute atomic E-state index is 0.537. The molecule has 0 saturated heterocycles. The Morgan fingerprint density at radius 2 is 1.87 bits per heavy atom. The summed E-state index contributed by atoms with van der Waals surface area (Å²) in [6, 6.07) is 0. The van der Waals surface area contributed by atoms with Crippen LogP contribution in [0.1, 0.15) is 59.8 Å². The van der Waals surface area contributed by atoms with Crippen LogP contribution in [0.5, 0.6) is 0 Å². The van der Waals surface area contributed by atoms with E-state index in [0.29, 0.717) is 5.41 Å². The quantitative estimate of drug-likeness (QED) is 0.602. The molecule has 0 aromatic heterocycles. The van der Waals surface area contributed by atoms with Gasteiger partial charge in [-0.3, -0.25) is 0 Å². The van der Waals surface area contributed by atoms with Crippen LogP contribution in [0, 0.1) is 17.3 Å². The summed E-state index contributed by atoms with van der Waals surface area (Å²) >= 11 is 0. The van der Waals surface area contributed by atoms with Crippen molar-refractivity contribution in [2.45, 2.75) is 59.8 Å².